The molecule has 2 rings (SSSR count). The molecular weight excluding hydrogens is 312 g/mol. The highest BCUT2D eigenvalue weighted by Crippen LogP contribution is 2.37. The number of ether oxygens (including phenoxy) is 1. The summed E-state index contributed by atoms with van der Waals surface area (Å²) in [7, 11) is 3.83. The Morgan fingerprint density at radius 3 is 2.40 bits per heavy atom. The van der Waals surface area contributed by atoms with Crippen molar-refractivity contribution in [1.82, 2.24) is 4.90 Å². The third kappa shape index (κ3) is 5.63. The lowest BCUT2D eigenvalue weighted by atomic mass is 9.77. The van der Waals surface area contributed by atoms with Gasteiger partial charge in [-0.25, -0.2) is 0 Å². The number of allylic oxidation sites excluding steroid dienone is 1. The van der Waals surface area contributed by atoms with Crippen molar-refractivity contribution in [2.24, 2.45) is 5.92 Å². The monoisotopic (exact) mass is 340 g/mol. The van der Waals surface area contributed by atoms with Crippen LogP contribution in [-0.4, -0.2) is 31.6 Å². The van der Waals surface area contributed by atoms with Gasteiger partial charge >= 0.3 is 5.97 Å². The number of benzene rings is 1. The second-order valence-electron chi connectivity index (χ2n) is 6.97. The lowest BCUT2D eigenvalue weighted by molar-refractivity contribution is -0.144. The fraction of sp³-hybridized carbons (Fsp3) is 0.524. The van der Waals surface area contributed by atoms with E-state index in [1.54, 1.807) is 0 Å². The molecule has 1 aliphatic carbocycles. The van der Waals surface area contributed by atoms with Crippen molar-refractivity contribution >= 4 is 11.5 Å². The molecule has 1 fully saturated rings. The highest BCUT2D eigenvalue weighted by atomic mass is 16.5. The van der Waals surface area contributed by atoms with Crippen LogP contribution in [0.4, 0.5) is 0 Å². The number of hydrogen-bond acceptors (Lipinski definition) is 4. The minimum absolute atomic E-state index is 0.0629. The molecule has 0 saturated heterocycles. The smallest absolute Gasteiger partial charge is 0.306 e. The van der Waals surface area contributed by atoms with Gasteiger partial charge in [0.15, 0.2) is 0 Å². The molecule has 4 heteroatoms. The summed E-state index contributed by atoms with van der Waals surface area (Å²) in [6.07, 6.45) is 6.78. The van der Waals surface area contributed by atoms with Gasteiger partial charge in [0.1, 0.15) is 6.07 Å². The first-order chi connectivity index (χ1) is 12.0. The quantitative estimate of drug-likeness (QED) is 0.571. The maximum absolute atomic E-state index is 11.6. The molecular formula is C21H28N2O2. The molecule has 1 aliphatic rings. The minimum Gasteiger partial charge on any atom is -0.466 e. The largest absolute Gasteiger partial charge is 0.466 e. The van der Waals surface area contributed by atoms with Crippen LogP contribution < -0.4 is 0 Å². The lowest BCUT2D eigenvalue weighted by Gasteiger charge is -2.28. The minimum atomic E-state index is -0.0629. The van der Waals surface area contributed by atoms with Crippen LogP contribution in [0.2, 0.25) is 0 Å². The lowest BCUT2D eigenvalue weighted by Crippen LogP contribution is -2.17. The molecule has 0 aliphatic heterocycles. The predicted octanol–water partition coefficient (Wildman–Crippen LogP) is 4.34. The van der Waals surface area contributed by atoms with Gasteiger partial charge in [-0.05, 0) is 55.6 Å². The zero-order chi connectivity index (χ0) is 18.2. The van der Waals surface area contributed by atoms with Crippen LogP contribution >= 0.6 is 0 Å². The van der Waals surface area contributed by atoms with Crippen LogP contribution in [0.3, 0.4) is 0 Å². The van der Waals surface area contributed by atoms with E-state index in [1.165, 1.54) is 5.56 Å². The van der Waals surface area contributed by atoms with Gasteiger partial charge in [0.2, 0.25) is 0 Å². The maximum atomic E-state index is 11.6. The Bertz CT molecular complexity index is 633. The number of hydrogen-bond donors (Lipinski definition) is 0. The zero-order valence-electron chi connectivity index (χ0n) is 15.5. The molecule has 25 heavy (non-hydrogen) atoms. The third-order valence-electron chi connectivity index (χ3n) is 4.81. The second-order valence-corrected chi connectivity index (χ2v) is 6.97. The molecule has 1 saturated carbocycles. The van der Waals surface area contributed by atoms with Gasteiger partial charge in [0.05, 0.1) is 12.2 Å². The Hall–Kier alpha value is -2.28. The molecule has 0 unspecified atom stereocenters. The van der Waals surface area contributed by atoms with E-state index in [4.69, 9.17) is 4.74 Å². The van der Waals surface area contributed by atoms with E-state index in [9.17, 15) is 10.1 Å². The van der Waals surface area contributed by atoms with E-state index in [0.29, 0.717) is 30.4 Å². The molecule has 1 aromatic carbocycles. The molecule has 1 aromatic rings. The van der Waals surface area contributed by atoms with Crippen LogP contribution in [0.25, 0.3) is 5.57 Å². The summed E-state index contributed by atoms with van der Waals surface area (Å²) in [6, 6.07) is 10.6. The average molecular weight is 340 g/mol. The number of nitriles is 1. The normalized spacial score (nSPS) is 20.6. The molecule has 0 atom stereocenters. The van der Waals surface area contributed by atoms with Gasteiger partial charge in [0.25, 0.3) is 0 Å². The molecule has 0 N–H and O–H groups in total. The van der Waals surface area contributed by atoms with Gasteiger partial charge in [-0.2, -0.15) is 5.26 Å². The molecule has 0 radical (unpaired) electrons. The SMILES string of the molecule is CCOC(=O)CC1CCC(c2ccc(/C(C#N)=C/N(C)C)cc2)CC1. The Kier molecular flexibility index (Phi) is 7.06. The predicted molar refractivity (Wildman–Crippen MR) is 99.7 cm³/mol. The van der Waals surface area contributed by atoms with Crippen LogP contribution in [0.5, 0.6) is 0 Å². The molecule has 0 aromatic heterocycles. The van der Waals surface area contributed by atoms with Crippen LogP contribution in [-0.2, 0) is 9.53 Å². The Balaban J connectivity index is 1.94. The molecule has 0 spiro atoms. The van der Waals surface area contributed by atoms with Crippen molar-refractivity contribution < 1.29 is 9.53 Å². The molecule has 4 nitrogen and oxygen atoms in total. The van der Waals surface area contributed by atoms with Gasteiger partial charge in [-0.3, -0.25) is 4.79 Å². The van der Waals surface area contributed by atoms with Crippen molar-refractivity contribution in [2.75, 3.05) is 20.7 Å². The average Bonchev–Trinajstić information content (AvgIpc) is 2.60. The number of carbonyl (C=O) groups excluding carboxylic acids is 1. The fourth-order valence-corrected chi connectivity index (χ4v) is 3.52. The van der Waals surface area contributed by atoms with E-state index in [-0.39, 0.29) is 5.97 Å². The summed E-state index contributed by atoms with van der Waals surface area (Å²) < 4.78 is 5.06. The summed E-state index contributed by atoms with van der Waals surface area (Å²) in [4.78, 5) is 13.5. The second kappa shape index (κ2) is 9.27. The molecule has 0 amide bonds. The van der Waals surface area contributed by atoms with E-state index in [1.807, 2.05) is 44.3 Å². The highest BCUT2D eigenvalue weighted by molar-refractivity contribution is 5.76. The Labute approximate surface area is 151 Å². The first-order valence-corrected chi connectivity index (χ1v) is 9.07. The van der Waals surface area contributed by atoms with Crippen LogP contribution in [0.15, 0.2) is 30.5 Å². The van der Waals surface area contributed by atoms with Crippen LogP contribution in [0, 0.1) is 17.2 Å². The number of carbonyl (C=O) groups is 1. The topological polar surface area (TPSA) is 53.3 Å². The van der Waals surface area contributed by atoms with E-state index < -0.39 is 0 Å². The van der Waals surface area contributed by atoms with Crippen molar-refractivity contribution in [3.63, 3.8) is 0 Å². The van der Waals surface area contributed by atoms with Crippen molar-refractivity contribution in [3.05, 3.63) is 41.6 Å². The molecule has 134 valence electrons. The highest BCUT2D eigenvalue weighted by Gasteiger charge is 2.24. The maximum Gasteiger partial charge on any atom is 0.306 e. The summed E-state index contributed by atoms with van der Waals surface area (Å²) in [6.45, 7) is 2.32. The molecule has 0 bridgehead atoms. The van der Waals surface area contributed by atoms with Gasteiger partial charge in [-0.15, -0.1) is 0 Å². The Morgan fingerprint density at radius 2 is 1.88 bits per heavy atom. The number of rotatable bonds is 6. The zero-order valence-corrected chi connectivity index (χ0v) is 15.5. The van der Waals surface area contributed by atoms with E-state index in [2.05, 4.69) is 18.2 Å². The van der Waals surface area contributed by atoms with Crippen molar-refractivity contribution in [1.29, 1.82) is 5.26 Å². The van der Waals surface area contributed by atoms with Crippen molar-refractivity contribution in [3.8, 4) is 6.07 Å². The van der Waals surface area contributed by atoms with Gasteiger partial charge < -0.3 is 9.64 Å². The number of esters is 1. The van der Waals surface area contributed by atoms with Crippen LogP contribution in [0.1, 0.15) is 56.1 Å². The third-order valence-corrected chi connectivity index (χ3v) is 4.81. The summed E-state index contributed by atoms with van der Waals surface area (Å²) in [5, 5.41) is 9.30. The first kappa shape index (κ1) is 19.1. The van der Waals surface area contributed by atoms with Gasteiger partial charge in [0, 0.05) is 26.7 Å². The Morgan fingerprint density at radius 1 is 1.24 bits per heavy atom. The summed E-state index contributed by atoms with van der Waals surface area (Å²) >= 11 is 0. The summed E-state index contributed by atoms with van der Waals surface area (Å²) in [5.41, 5.74) is 2.96. The standard InChI is InChI=1S/C21H28N2O2/c1-4-25-21(24)13-16-5-7-17(8-6-16)18-9-11-19(12-10-18)20(14-22)15-23(2)3/h9-12,15-17H,4-8,13H2,1-3H3/b20-15+. The van der Waals surface area contributed by atoms with E-state index >= 15 is 0 Å². The van der Waals surface area contributed by atoms with Gasteiger partial charge in [-0.1, -0.05) is 24.3 Å². The molecule has 0 heterocycles. The van der Waals surface area contributed by atoms with Crippen molar-refractivity contribution in [2.45, 2.75) is 44.9 Å². The first-order valence-electron chi connectivity index (χ1n) is 9.07. The summed E-state index contributed by atoms with van der Waals surface area (Å²) in [5.74, 6) is 0.950. The fourth-order valence-electron chi connectivity index (χ4n) is 3.52. The number of nitrogens with zero attached hydrogens (tertiary/aromatic N) is 2. The van der Waals surface area contributed by atoms with E-state index in [0.717, 1.165) is 31.2 Å².